The maximum Gasteiger partial charge on any atom is 0.487 e. The quantitative estimate of drug-likeness (QED) is 0.0826. The topological polar surface area (TPSA) is 359 Å². The van der Waals surface area contributed by atoms with E-state index in [0.29, 0.717) is 9.13 Å². The Morgan fingerprint density at radius 3 is 1.65 bits per heavy atom. The summed E-state index contributed by atoms with van der Waals surface area (Å²) < 4.78 is 63.8. The molecular formula is C20H29N4O21P3. The summed E-state index contributed by atoms with van der Waals surface area (Å²) in [6.07, 6.45) is -11.9. The molecule has 0 aliphatic carbocycles. The lowest BCUT2D eigenvalue weighted by Gasteiger charge is -2.21. The maximum absolute atomic E-state index is 12.3. The number of phosphoric acid groups is 2. The molecule has 0 radical (unpaired) electrons. The molecular weight excluding hydrogens is 725 g/mol. The van der Waals surface area contributed by atoms with E-state index in [0.717, 1.165) is 26.6 Å². The van der Waals surface area contributed by atoms with E-state index in [1.54, 1.807) is 0 Å². The number of nitrogens with one attached hydrogen (secondary N) is 2. The first kappa shape index (κ1) is 38.1. The molecule has 2 fully saturated rings. The van der Waals surface area contributed by atoms with E-state index in [1.165, 1.54) is 0 Å². The Kier molecular flexibility index (Phi) is 12.0. The zero-order chi connectivity index (χ0) is 35.7. The average molecular weight is 754 g/mol. The zero-order valence-electron chi connectivity index (χ0n) is 24.3. The fourth-order valence-corrected chi connectivity index (χ4v) is 7.51. The molecule has 48 heavy (non-hydrogen) atoms. The van der Waals surface area contributed by atoms with Crippen molar-refractivity contribution in [3.8, 4) is 11.5 Å². The van der Waals surface area contributed by atoms with Crippen LogP contribution in [0, 0.1) is 0 Å². The highest BCUT2D eigenvalue weighted by Crippen LogP contribution is 2.65. The molecule has 9 N–H and O–H groups in total. The van der Waals surface area contributed by atoms with E-state index in [2.05, 4.69) is 13.1 Å². The van der Waals surface area contributed by atoms with Gasteiger partial charge in [0.25, 0.3) is 11.1 Å². The number of aromatic nitrogens is 4. The maximum atomic E-state index is 12.3. The number of aliphatic hydroxyl groups is 4. The Bertz CT molecular complexity index is 1790. The molecule has 270 valence electrons. The van der Waals surface area contributed by atoms with Crippen LogP contribution in [0.1, 0.15) is 12.5 Å². The van der Waals surface area contributed by atoms with Gasteiger partial charge in [-0.15, -0.1) is 0 Å². The van der Waals surface area contributed by atoms with Crippen molar-refractivity contribution in [2.45, 2.75) is 49.1 Å². The lowest BCUT2D eigenvalue weighted by molar-refractivity contribution is -0.0546. The third kappa shape index (κ3) is 8.54. The number of H-pyrrole nitrogens is 2. The van der Waals surface area contributed by atoms with Crippen LogP contribution < -0.4 is 32.0 Å². The number of methoxy groups -OCH3 is 2. The summed E-state index contributed by atoms with van der Waals surface area (Å²) in [4.78, 5) is 81.2. The number of aliphatic hydroxyl groups excluding tert-OH is 4. The number of nitrogens with zero attached hydrogens (tertiary/aromatic N) is 2. The highest BCUT2D eigenvalue weighted by molar-refractivity contribution is 7.65. The Morgan fingerprint density at radius 2 is 1.21 bits per heavy atom. The number of hydrogen-bond donors (Lipinski definition) is 9. The van der Waals surface area contributed by atoms with E-state index in [1.807, 2.05) is 9.97 Å². The number of phosphoric ester groups is 1. The second-order valence-corrected chi connectivity index (χ2v) is 13.9. The Labute approximate surface area is 266 Å². The fourth-order valence-electron chi connectivity index (χ4n) is 4.38. The second-order valence-electron chi connectivity index (χ2n) is 9.75. The number of ether oxygens (including phenoxy) is 4. The van der Waals surface area contributed by atoms with Crippen LogP contribution in [-0.4, -0.2) is 118 Å². The van der Waals surface area contributed by atoms with Gasteiger partial charge >= 0.3 is 35.6 Å². The summed E-state index contributed by atoms with van der Waals surface area (Å²) in [5.41, 5.74) is -3.92. The summed E-state index contributed by atoms with van der Waals surface area (Å²) in [5.74, 6) is -0.704. The van der Waals surface area contributed by atoms with Crippen molar-refractivity contribution in [3.63, 3.8) is 0 Å². The molecule has 2 aromatic heterocycles. The van der Waals surface area contributed by atoms with Crippen LogP contribution in [0.25, 0.3) is 0 Å². The predicted molar refractivity (Wildman–Crippen MR) is 150 cm³/mol. The standard InChI is InChI=1S/C20H29N4O21P3/c1-38-7-3-23(19(31)21-15(7)29)17-13(27)11(25)9(42-17)5-40-46(33)44-48(36,37)45-47(34,35)41-6-10-12(26)14(28)18(43-10)24-4-8(39-2)16(30)22-20(24)32/h3-4,9-14,17-18,25-28,33H,5-6H2,1-2H3,(H,34,35)(H,36,37)(H,21,29,31)(H,22,30,32)/t9-,10-,11-,12-,13-,14-,17-,18-,46-/m1/s1. The minimum atomic E-state index is -5.68. The van der Waals surface area contributed by atoms with Gasteiger partial charge in [-0.25, -0.2) is 23.0 Å². The molecule has 11 atom stereocenters. The number of aromatic amines is 2. The first-order chi connectivity index (χ1) is 22.4. The Hall–Kier alpha value is -2.67. The third-order valence-corrected chi connectivity index (χ3v) is 10.5. The fraction of sp³-hybridized carbons (Fsp3) is 0.600. The van der Waals surface area contributed by atoms with Crippen molar-refractivity contribution >= 4 is 24.2 Å². The van der Waals surface area contributed by atoms with Crippen molar-refractivity contribution in [2.24, 2.45) is 0 Å². The summed E-state index contributed by atoms with van der Waals surface area (Å²) in [5, 5.41) is 41.2. The van der Waals surface area contributed by atoms with Crippen molar-refractivity contribution in [1.29, 1.82) is 0 Å². The monoisotopic (exact) mass is 754 g/mol. The lowest BCUT2D eigenvalue weighted by Crippen LogP contribution is -2.38. The van der Waals surface area contributed by atoms with Gasteiger partial charge in [0.1, 0.15) is 36.6 Å². The molecule has 0 spiro atoms. The van der Waals surface area contributed by atoms with E-state index in [9.17, 15) is 63.4 Å². The van der Waals surface area contributed by atoms with Gasteiger partial charge in [-0.3, -0.25) is 33.2 Å². The van der Waals surface area contributed by atoms with Crippen LogP contribution in [0.2, 0.25) is 0 Å². The van der Waals surface area contributed by atoms with Gasteiger partial charge in [-0.1, -0.05) is 0 Å². The van der Waals surface area contributed by atoms with Crippen LogP contribution in [0.4, 0.5) is 0 Å². The molecule has 2 aliphatic heterocycles. The molecule has 4 heterocycles. The van der Waals surface area contributed by atoms with Gasteiger partial charge in [-0.2, -0.15) is 4.31 Å². The van der Waals surface area contributed by atoms with Crippen LogP contribution in [-0.2, 0) is 36.3 Å². The van der Waals surface area contributed by atoms with Crippen molar-refractivity contribution in [3.05, 3.63) is 54.1 Å². The van der Waals surface area contributed by atoms with Gasteiger partial charge < -0.3 is 58.6 Å². The van der Waals surface area contributed by atoms with E-state index in [4.69, 9.17) is 23.5 Å². The molecule has 28 heteroatoms. The summed E-state index contributed by atoms with van der Waals surface area (Å²) >= 11 is 0. The first-order valence-electron chi connectivity index (χ1n) is 13.0. The average Bonchev–Trinajstić information content (AvgIpc) is 3.43. The van der Waals surface area contributed by atoms with E-state index >= 15 is 0 Å². The smallest absolute Gasteiger partial charge is 0.487 e. The Morgan fingerprint density at radius 1 is 0.771 bits per heavy atom. The molecule has 0 aromatic carbocycles. The molecule has 25 nitrogen and oxygen atoms in total. The molecule has 2 saturated heterocycles. The molecule has 0 bridgehead atoms. The van der Waals surface area contributed by atoms with Gasteiger partial charge in [0, 0.05) is 0 Å². The van der Waals surface area contributed by atoms with Crippen LogP contribution in [0.3, 0.4) is 0 Å². The molecule has 0 saturated carbocycles. The Balaban J connectivity index is 1.30. The summed E-state index contributed by atoms with van der Waals surface area (Å²) in [7, 11) is -12.5. The SMILES string of the molecule is COc1cn([C@@H]2O[C@H](CO[P@@](O)OP(=O)(O)OP(=O)(O)OC[C@H]3O[C@@H](n4cc(OC)c(=O)[nH]c4=O)[C@H](O)[C@@H]3O)[C@@H](O)[C@H]2O)c(=O)[nH]c1=O. The summed E-state index contributed by atoms with van der Waals surface area (Å²) in [6, 6.07) is 0. The molecule has 2 aromatic rings. The molecule has 2 unspecified atom stereocenters. The van der Waals surface area contributed by atoms with Crippen LogP contribution in [0.5, 0.6) is 11.5 Å². The minimum Gasteiger partial charge on any atom is -0.490 e. The summed E-state index contributed by atoms with van der Waals surface area (Å²) in [6.45, 7) is -1.95. The predicted octanol–water partition coefficient (Wildman–Crippen LogP) is -4.17. The third-order valence-electron chi connectivity index (χ3n) is 6.66. The van der Waals surface area contributed by atoms with Crippen LogP contribution in [0.15, 0.2) is 31.6 Å². The second kappa shape index (κ2) is 15.1. The van der Waals surface area contributed by atoms with E-state index < -0.39 is 109 Å². The number of hydrogen-bond acceptors (Lipinski definition) is 19. The molecule has 2 aliphatic rings. The van der Waals surface area contributed by atoms with Gasteiger partial charge in [-0.05, 0) is 0 Å². The zero-order valence-corrected chi connectivity index (χ0v) is 27.0. The highest BCUT2D eigenvalue weighted by Gasteiger charge is 2.47. The highest BCUT2D eigenvalue weighted by atomic mass is 31.3. The van der Waals surface area contributed by atoms with Gasteiger partial charge in [0.15, 0.2) is 12.5 Å². The normalized spacial score (nSPS) is 30.4. The van der Waals surface area contributed by atoms with Crippen molar-refractivity contribution < 1.29 is 80.9 Å². The minimum absolute atomic E-state index is 0.340. The van der Waals surface area contributed by atoms with Crippen LogP contribution >= 0.6 is 24.2 Å². The largest absolute Gasteiger partial charge is 0.490 e. The molecule has 4 rings (SSSR count). The van der Waals surface area contributed by atoms with Crippen molar-refractivity contribution in [2.75, 3.05) is 27.4 Å². The van der Waals surface area contributed by atoms with Gasteiger partial charge in [0.05, 0.1) is 39.8 Å². The molecule has 0 amide bonds. The first-order valence-corrected chi connectivity index (χ1v) is 17.1. The number of rotatable bonds is 14. The van der Waals surface area contributed by atoms with E-state index in [-0.39, 0.29) is 11.5 Å². The van der Waals surface area contributed by atoms with Crippen molar-refractivity contribution in [1.82, 2.24) is 19.1 Å². The van der Waals surface area contributed by atoms with Gasteiger partial charge in [0.2, 0.25) is 11.5 Å². The lowest BCUT2D eigenvalue weighted by atomic mass is 10.1.